The Balaban J connectivity index is 2.18. The second kappa shape index (κ2) is 5.99. The average molecular weight is 340 g/mol. The van der Waals surface area contributed by atoms with Crippen LogP contribution in [0.5, 0.6) is 0 Å². The normalized spacial score (nSPS) is 11.8. The van der Waals surface area contributed by atoms with Crippen LogP contribution in [0.2, 0.25) is 0 Å². The fraction of sp³-hybridized carbons (Fsp3) is 0.0769. The number of amides is 1. The van der Waals surface area contributed by atoms with Gasteiger partial charge in [-0.1, -0.05) is 30.3 Å². The molecule has 0 aliphatic heterocycles. The van der Waals surface area contributed by atoms with Gasteiger partial charge in [0.1, 0.15) is 0 Å². The third-order valence-corrected chi connectivity index (χ3v) is 4.07. The molecule has 1 aromatic carbocycles. The number of hydrogen-bond donors (Lipinski definition) is 2. The van der Waals surface area contributed by atoms with E-state index in [4.69, 9.17) is 0 Å². The molecule has 1 amide bonds. The molecule has 98 valence electrons. The molecule has 0 aliphatic carbocycles. The van der Waals surface area contributed by atoms with Crippen molar-refractivity contribution >= 4 is 39.1 Å². The number of nitrogens with one attached hydrogen (secondary N) is 1. The molecule has 1 heterocycles. The van der Waals surface area contributed by atoms with Gasteiger partial charge in [0.25, 0.3) is 5.91 Å². The van der Waals surface area contributed by atoms with Gasteiger partial charge in [0.15, 0.2) is 6.04 Å². The van der Waals surface area contributed by atoms with E-state index in [1.54, 1.807) is 42.5 Å². The molecule has 0 bridgehead atoms. The van der Waals surface area contributed by atoms with Gasteiger partial charge in [-0.25, -0.2) is 4.79 Å². The van der Waals surface area contributed by atoms with E-state index < -0.39 is 17.9 Å². The smallest absolute Gasteiger partial charge is 0.330 e. The summed E-state index contributed by atoms with van der Waals surface area (Å²) in [6.45, 7) is 0. The Morgan fingerprint density at radius 1 is 1.16 bits per heavy atom. The zero-order valence-electron chi connectivity index (χ0n) is 9.67. The molecule has 0 unspecified atom stereocenters. The Kier molecular flexibility index (Phi) is 4.34. The van der Waals surface area contributed by atoms with Crippen LogP contribution < -0.4 is 5.32 Å². The summed E-state index contributed by atoms with van der Waals surface area (Å²) in [5, 5.41) is 11.7. The van der Waals surface area contributed by atoms with Crippen LogP contribution in [0.4, 0.5) is 0 Å². The minimum absolute atomic E-state index is 0.396. The lowest BCUT2D eigenvalue weighted by molar-refractivity contribution is -0.139. The number of benzene rings is 1. The number of aliphatic carboxylic acids is 1. The molecule has 2 rings (SSSR count). The van der Waals surface area contributed by atoms with E-state index >= 15 is 0 Å². The van der Waals surface area contributed by atoms with Gasteiger partial charge in [-0.2, -0.15) is 0 Å². The molecule has 1 atom stereocenters. The summed E-state index contributed by atoms with van der Waals surface area (Å²) in [4.78, 5) is 23.7. The maximum absolute atomic E-state index is 12.0. The highest BCUT2D eigenvalue weighted by atomic mass is 79.9. The minimum Gasteiger partial charge on any atom is -0.479 e. The van der Waals surface area contributed by atoms with Crippen LogP contribution in [0.25, 0.3) is 0 Å². The maximum atomic E-state index is 12.0. The first kappa shape index (κ1) is 13.8. The van der Waals surface area contributed by atoms with E-state index in [9.17, 15) is 14.7 Å². The van der Waals surface area contributed by atoms with Crippen molar-refractivity contribution in [3.05, 3.63) is 56.7 Å². The summed E-state index contributed by atoms with van der Waals surface area (Å²) in [5.41, 5.74) is 0.541. The fourth-order valence-corrected chi connectivity index (χ4v) is 2.86. The monoisotopic (exact) mass is 339 g/mol. The van der Waals surface area contributed by atoms with Crippen LogP contribution in [0.15, 0.2) is 46.3 Å². The average Bonchev–Trinajstić information content (AvgIpc) is 2.83. The Morgan fingerprint density at radius 2 is 1.84 bits per heavy atom. The van der Waals surface area contributed by atoms with Crippen molar-refractivity contribution in [3.63, 3.8) is 0 Å². The van der Waals surface area contributed by atoms with Gasteiger partial charge in [-0.15, -0.1) is 11.3 Å². The number of carbonyl (C=O) groups excluding carboxylic acids is 1. The molecule has 6 heteroatoms. The standard InChI is InChI=1S/C13H10BrNO3S/c14-10-7-6-9(19-10)12(16)15-11(13(17)18)8-4-2-1-3-5-8/h1-7,11H,(H,15,16)(H,17,18)/t11-/m0/s1. The van der Waals surface area contributed by atoms with Gasteiger partial charge >= 0.3 is 5.97 Å². The molecule has 2 N–H and O–H groups in total. The van der Waals surface area contributed by atoms with Gasteiger partial charge in [0.05, 0.1) is 8.66 Å². The maximum Gasteiger partial charge on any atom is 0.330 e. The van der Waals surface area contributed by atoms with Crippen LogP contribution in [0, 0.1) is 0 Å². The Labute approximate surface area is 122 Å². The summed E-state index contributed by atoms with van der Waals surface area (Å²) in [5.74, 6) is -1.48. The zero-order chi connectivity index (χ0) is 13.8. The summed E-state index contributed by atoms with van der Waals surface area (Å²) < 4.78 is 0.823. The first-order valence-corrected chi connectivity index (χ1v) is 7.03. The lowest BCUT2D eigenvalue weighted by Crippen LogP contribution is -2.33. The predicted octanol–water partition coefficient (Wildman–Crippen LogP) is 3.07. The van der Waals surface area contributed by atoms with Crippen molar-refractivity contribution in [3.8, 4) is 0 Å². The Morgan fingerprint density at radius 3 is 2.37 bits per heavy atom. The van der Waals surface area contributed by atoms with E-state index in [1.807, 2.05) is 0 Å². The fourth-order valence-electron chi connectivity index (χ4n) is 1.57. The third kappa shape index (κ3) is 3.42. The SMILES string of the molecule is O=C(N[C@H](C(=O)O)c1ccccc1)c1ccc(Br)s1. The van der Waals surface area contributed by atoms with Crippen molar-refractivity contribution in [2.24, 2.45) is 0 Å². The van der Waals surface area contributed by atoms with Crippen LogP contribution in [-0.2, 0) is 4.79 Å². The number of carbonyl (C=O) groups is 2. The van der Waals surface area contributed by atoms with Crippen LogP contribution in [0.3, 0.4) is 0 Å². The highest BCUT2D eigenvalue weighted by Gasteiger charge is 2.22. The molecule has 0 fully saturated rings. The van der Waals surface area contributed by atoms with E-state index in [2.05, 4.69) is 21.2 Å². The van der Waals surface area contributed by atoms with Gasteiger partial charge in [0.2, 0.25) is 0 Å². The van der Waals surface area contributed by atoms with Crippen molar-refractivity contribution in [2.45, 2.75) is 6.04 Å². The number of carboxylic acid groups (broad SMARTS) is 1. The molecule has 2 aromatic rings. The summed E-state index contributed by atoms with van der Waals surface area (Å²) in [6, 6.07) is 11.0. The molecular weight excluding hydrogens is 330 g/mol. The van der Waals surface area contributed by atoms with Crippen molar-refractivity contribution < 1.29 is 14.7 Å². The Bertz CT molecular complexity index is 597. The van der Waals surface area contributed by atoms with Crippen LogP contribution in [0.1, 0.15) is 21.3 Å². The molecule has 1 aromatic heterocycles. The first-order valence-electron chi connectivity index (χ1n) is 5.42. The number of rotatable bonds is 4. The second-order valence-corrected chi connectivity index (χ2v) is 6.22. The highest BCUT2D eigenvalue weighted by molar-refractivity contribution is 9.11. The van der Waals surface area contributed by atoms with Gasteiger partial charge in [0, 0.05) is 0 Å². The largest absolute Gasteiger partial charge is 0.479 e. The Hall–Kier alpha value is -1.66. The molecule has 19 heavy (non-hydrogen) atoms. The van der Waals surface area contributed by atoms with Crippen molar-refractivity contribution in [2.75, 3.05) is 0 Å². The van der Waals surface area contributed by atoms with E-state index in [-0.39, 0.29) is 0 Å². The molecule has 0 spiro atoms. The molecule has 0 saturated heterocycles. The summed E-state index contributed by atoms with van der Waals surface area (Å²) in [6.07, 6.45) is 0. The number of halogens is 1. The molecule has 0 aliphatic rings. The lowest BCUT2D eigenvalue weighted by Gasteiger charge is -2.14. The quantitative estimate of drug-likeness (QED) is 0.899. The number of hydrogen-bond acceptors (Lipinski definition) is 3. The first-order chi connectivity index (χ1) is 9.08. The molecular formula is C13H10BrNO3S. The summed E-state index contributed by atoms with van der Waals surface area (Å²) >= 11 is 4.52. The topological polar surface area (TPSA) is 66.4 Å². The van der Waals surface area contributed by atoms with E-state index in [0.29, 0.717) is 10.4 Å². The van der Waals surface area contributed by atoms with Gasteiger partial charge in [-0.05, 0) is 33.6 Å². The number of carboxylic acids is 1. The summed E-state index contributed by atoms with van der Waals surface area (Å²) in [7, 11) is 0. The minimum atomic E-state index is -1.09. The molecule has 0 saturated carbocycles. The molecule has 4 nitrogen and oxygen atoms in total. The second-order valence-electron chi connectivity index (χ2n) is 3.76. The number of thiophene rings is 1. The van der Waals surface area contributed by atoms with Gasteiger partial charge in [-0.3, -0.25) is 4.79 Å². The predicted molar refractivity (Wildman–Crippen MR) is 76.3 cm³/mol. The van der Waals surface area contributed by atoms with E-state index in [1.165, 1.54) is 11.3 Å². The van der Waals surface area contributed by atoms with Gasteiger partial charge < -0.3 is 10.4 Å². The van der Waals surface area contributed by atoms with Crippen molar-refractivity contribution in [1.82, 2.24) is 5.32 Å². The molecule has 0 radical (unpaired) electrons. The van der Waals surface area contributed by atoms with Crippen molar-refractivity contribution in [1.29, 1.82) is 0 Å². The van der Waals surface area contributed by atoms with Crippen LogP contribution >= 0.6 is 27.3 Å². The third-order valence-electron chi connectivity index (χ3n) is 2.45. The zero-order valence-corrected chi connectivity index (χ0v) is 12.1. The lowest BCUT2D eigenvalue weighted by atomic mass is 10.1. The highest BCUT2D eigenvalue weighted by Crippen LogP contribution is 2.23. The van der Waals surface area contributed by atoms with E-state index in [0.717, 1.165) is 3.79 Å². The van der Waals surface area contributed by atoms with Crippen LogP contribution in [-0.4, -0.2) is 17.0 Å².